The van der Waals surface area contributed by atoms with Gasteiger partial charge in [0.15, 0.2) is 0 Å². The zero-order valence-corrected chi connectivity index (χ0v) is 9.30. The highest BCUT2D eigenvalue weighted by molar-refractivity contribution is 5.69. The predicted octanol–water partition coefficient (Wildman–Crippen LogP) is 2.41. The number of imidazole rings is 1. The Bertz CT molecular complexity index is 385. The highest BCUT2D eigenvalue weighted by atomic mass is 14.9. The van der Waals surface area contributed by atoms with Gasteiger partial charge in [0.05, 0.1) is 11.9 Å². The topological polar surface area (TPSA) is 40.7 Å². The Labute approximate surface area is 90.6 Å². The first kappa shape index (κ1) is 11.3. The summed E-state index contributed by atoms with van der Waals surface area (Å²) in [4.78, 5) is 7.23. The van der Waals surface area contributed by atoms with Crippen molar-refractivity contribution in [3.05, 3.63) is 48.7 Å². The second kappa shape index (κ2) is 5.20. The maximum Gasteiger partial charge on any atom is 0.103 e. The van der Waals surface area contributed by atoms with Crippen LogP contribution >= 0.6 is 0 Å². The number of allylic oxidation sites excluding steroid dienone is 3. The third kappa shape index (κ3) is 3.46. The van der Waals surface area contributed by atoms with Crippen molar-refractivity contribution in [1.29, 1.82) is 0 Å². The van der Waals surface area contributed by atoms with Gasteiger partial charge >= 0.3 is 0 Å². The summed E-state index contributed by atoms with van der Waals surface area (Å²) in [5.74, 6) is 0.894. The van der Waals surface area contributed by atoms with Gasteiger partial charge in [0.25, 0.3) is 0 Å². The van der Waals surface area contributed by atoms with Crippen LogP contribution < -0.4 is 5.32 Å². The molecule has 0 aliphatic carbocycles. The molecule has 3 heteroatoms. The van der Waals surface area contributed by atoms with E-state index in [9.17, 15) is 0 Å². The minimum Gasteiger partial charge on any atom is -0.386 e. The fourth-order valence-corrected chi connectivity index (χ4v) is 1.16. The molecule has 0 saturated heterocycles. The van der Waals surface area contributed by atoms with E-state index in [-0.39, 0.29) is 0 Å². The number of nitrogens with one attached hydrogen (secondary N) is 2. The summed E-state index contributed by atoms with van der Waals surface area (Å²) >= 11 is 0. The number of aromatic amines is 1. The molecule has 3 nitrogen and oxygen atoms in total. The first-order valence-corrected chi connectivity index (χ1v) is 4.95. The second-order valence-corrected chi connectivity index (χ2v) is 3.30. The van der Waals surface area contributed by atoms with Gasteiger partial charge in [-0.25, -0.2) is 4.98 Å². The number of nitrogens with zero attached hydrogens (tertiary/aromatic N) is 1. The van der Waals surface area contributed by atoms with Crippen molar-refractivity contribution in [2.75, 3.05) is 6.54 Å². The lowest BCUT2D eigenvalue weighted by Crippen LogP contribution is -2.08. The molecule has 0 aliphatic heterocycles. The number of H-pyrrole nitrogens is 1. The van der Waals surface area contributed by atoms with Crippen molar-refractivity contribution in [3.8, 4) is 0 Å². The van der Waals surface area contributed by atoms with Gasteiger partial charge in [-0.2, -0.15) is 0 Å². The number of likely N-dealkylation sites (N-methyl/N-ethyl adjacent to an activating group) is 1. The van der Waals surface area contributed by atoms with Crippen LogP contribution in [0.1, 0.15) is 18.4 Å². The Morgan fingerprint density at radius 1 is 1.53 bits per heavy atom. The van der Waals surface area contributed by atoms with E-state index in [2.05, 4.69) is 28.4 Å². The van der Waals surface area contributed by atoms with Gasteiger partial charge in [0.1, 0.15) is 5.82 Å². The molecule has 0 aromatic carbocycles. The summed E-state index contributed by atoms with van der Waals surface area (Å²) in [6.45, 7) is 12.6. The van der Waals surface area contributed by atoms with E-state index in [1.54, 1.807) is 6.20 Å². The largest absolute Gasteiger partial charge is 0.386 e. The molecule has 1 heterocycles. The Balaban J connectivity index is 2.59. The van der Waals surface area contributed by atoms with Gasteiger partial charge in [-0.3, -0.25) is 0 Å². The molecule has 1 aromatic rings. The van der Waals surface area contributed by atoms with Crippen molar-refractivity contribution in [2.45, 2.75) is 13.8 Å². The number of aryl methyl sites for hydroxylation is 1. The van der Waals surface area contributed by atoms with Crippen molar-refractivity contribution in [2.24, 2.45) is 0 Å². The Morgan fingerprint density at radius 3 is 2.80 bits per heavy atom. The highest BCUT2D eigenvalue weighted by Crippen LogP contribution is 2.11. The van der Waals surface area contributed by atoms with E-state index in [1.807, 2.05) is 26.0 Å². The van der Waals surface area contributed by atoms with Crippen LogP contribution in [0.2, 0.25) is 0 Å². The highest BCUT2D eigenvalue weighted by Gasteiger charge is 1.97. The Morgan fingerprint density at radius 2 is 2.27 bits per heavy atom. The summed E-state index contributed by atoms with van der Waals surface area (Å²) in [7, 11) is 0. The second-order valence-electron chi connectivity index (χ2n) is 3.30. The van der Waals surface area contributed by atoms with E-state index >= 15 is 0 Å². The van der Waals surface area contributed by atoms with Crippen LogP contribution in [0.3, 0.4) is 0 Å². The lowest BCUT2D eigenvalue weighted by atomic mass is 10.2. The molecule has 0 bridgehead atoms. The van der Waals surface area contributed by atoms with Crippen LogP contribution in [0.5, 0.6) is 0 Å². The normalized spacial score (nSPS) is 10.5. The van der Waals surface area contributed by atoms with Crippen LogP contribution in [0.15, 0.2) is 37.2 Å². The molecule has 80 valence electrons. The molecule has 15 heavy (non-hydrogen) atoms. The van der Waals surface area contributed by atoms with E-state index in [0.717, 1.165) is 29.3 Å². The van der Waals surface area contributed by atoms with Gasteiger partial charge in [0, 0.05) is 12.2 Å². The minimum absolute atomic E-state index is 0.874. The first-order valence-electron chi connectivity index (χ1n) is 4.95. The third-order valence-electron chi connectivity index (χ3n) is 1.94. The SMILES string of the molecule is C=C(/C=C\C(=C)c1cnc(C)[nH]1)NCC. The summed E-state index contributed by atoms with van der Waals surface area (Å²) in [6, 6.07) is 0. The Kier molecular flexibility index (Phi) is 3.92. The van der Waals surface area contributed by atoms with Crippen molar-refractivity contribution >= 4 is 5.57 Å². The number of hydrogen-bond acceptors (Lipinski definition) is 2. The van der Waals surface area contributed by atoms with Gasteiger partial charge in [-0.1, -0.05) is 19.2 Å². The fourth-order valence-electron chi connectivity index (χ4n) is 1.16. The molecule has 0 atom stereocenters. The van der Waals surface area contributed by atoms with E-state index < -0.39 is 0 Å². The summed E-state index contributed by atoms with van der Waals surface area (Å²) in [5, 5.41) is 3.11. The molecule has 0 radical (unpaired) electrons. The third-order valence-corrected chi connectivity index (χ3v) is 1.94. The maximum absolute atomic E-state index is 4.11. The average Bonchev–Trinajstić information content (AvgIpc) is 2.62. The van der Waals surface area contributed by atoms with Crippen LogP contribution in [-0.4, -0.2) is 16.5 Å². The molecular formula is C12H17N3. The van der Waals surface area contributed by atoms with Crippen LogP contribution in [0.4, 0.5) is 0 Å². The van der Waals surface area contributed by atoms with Crippen molar-refractivity contribution in [1.82, 2.24) is 15.3 Å². The van der Waals surface area contributed by atoms with Gasteiger partial charge in [0.2, 0.25) is 0 Å². The van der Waals surface area contributed by atoms with Crippen molar-refractivity contribution in [3.63, 3.8) is 0 Å². The molecule has 0 saturated carbocycles. The maximum atomic E-state index is 4.11. The lowest BCUT2D eigenvalue weighted by Gasteiger charge is -2.00. The first-order chi connectivity index (χ1) is 7.13. The molecule has 2 N–H and O–H groups in total. The molecule has 0 amide bonds. The van der Waals surface area contributed by atoms with Gasteiger partial charge < -0.3 is 10.3 Å². The van der Waals surface area contributed by atoms with Crippen LogP contribution in [0.25, 0.3) is 5.57 Å². The number of aromatic nitrogens is 2. The predicted molar refractivity (Wildman–Crippen MR) is 64.3 cm³/mol. The molecular weight excluding hydrogens is 186 g/mol. The number of rotatable bonds is 5. The standard InChI is InChI=1S/C12H17N3/c1-5-13-10(3)7-6-9(2)12-8-14-11(4)15-12/h6-8,13H,2-3,5H2,1,4H3,(H,14,15)/b7-6-. The van der Waals surface area contributed by atoms with E-state index in [1.165, 1.54) is 0 Å². The molecule has 1 aromatic heterocycles. The molecule has 1 rings (SSSR count). The number of hydrogen-bond donors (Lipinski definition) is 2. The summed E-state index contributed by atoms with van der Waals surface area (Å²) < 4.78 is 0. The average molecular weight is 203 g/mol. The molecule has 0 unspecified atom stereocenters. The molecule has 0 aliphatic rings. The monoisotopic (exact) mass is 203 g/mol. The van der Waals surface area contributed by atoms with Crippen molar-refractivity contribution < 1.29 is 0 Å². The van der Waals surface area contributed by atoms with Gasteiger partial charge in [-0.15, -0.1) is 0 Å². The fraction of sp³-hybridized carbons (Fsp3) is 0.250. The quantitative estimate of drug-likeness (QED) is 0.721. The smallest absolute Gasteiger partial charge is 0.103 e. The van der Waals surface area contributed by atoms with Gasteiger partial charge in [-0.05, 0) is 25.5 Å². The Hall–Kier alpha value is -1.77. The summed E-state index contributed by atoms with van der Waals surface area (Å²) in [5.41, 5.74) is 2.72. The molecule has 0 spiro atoms. The zero-order chi connectivity index (χ0) is 11.3. The summed E-state index contributed by atoms with van der Waals surface area (Å²) in [6.07, 6.45) is 5.60. The van der Waals surface area contributed by atoms with E-state index in [4.69, 9.17) is 0 Å². The lowest BCUT2D eigenvalue weighted by molar-refractivity contribution is 0.883. The molecule has 0 fully saturated rings. The minimum atomic E-state index is 0.874. The van der Waals surface area contributed by atoms with Crippen LogP contribution in [-0.2, 0) is 0 Å². The van der Waals surface area contributed by atoms with E-state index in [0.29, 0.717) is 0 Å². The zero-order valence-electron chi connectivity index (χ0n) is 9.30. The van der Waals surface area contributed by atoms with Crippen LogP contribution in [0, 0.1) is 6.92 Å².